The standard InChI is InChI=1S/C49H84O15P2/c1-3-5-7-9-11-13-15-17-18-19-20-21-22-23-24-26-28-30-32-34-36-38-49(54)60-40-46(51)42-62-66(57,58)64-44-47(52)43-63-65(55,56)61-41-45(50)39-59-48(53)37-35-33-31-29-27-25-16-14-12-10-8-6-4-2/h5,7,11,13,17-18,20-21,23-25,27,31,33,45-47,50-52H,3-4,6,8-10,12,14-16,19,22,26,28-30,32,34-44H2,1-2H3,(H,55,56)(H,57,58)/b7-5-,13-11-,18-17-,21-20-,24-23-,27-25-,33-31+. The molecule has 5 N–H and O–H groups in total. The largest absolute Gasteiger partial charge is 0.472 e. The molecule has 0 spiro atoms. The number of rotatable bonds is 45. The summed E-state index contributed by atoms with van der Waals surface area (Å²) in [6, 6.07) is 0. The quantitative estimate of drug-likeness (QED) is 0.0166. The van der Waals surface area contributed by atoms with E-state index in [-0.39, 0.29) is 12.8 Å². The Balaban J connectivity index is 3.96. The highest BCUT2D eigenvalue weighted by molar-refractivity contribution is 7.47. The first-order chi connectivity index (χ1) is 31.8. The number of allylic oxidation sites excluding steroid dienone is 14. The molecule has 0 saturated carbocycles. The average molecular weight is 975 g/mol. The van der Waals surface area contributed by atoms with Gasteiger partial charge in [0.25, 0.3) is 0 Å². The van der Waals surface area contributed by atoms with Crippen molar-refractivity contribution in [3.63, 3.8) is 0 Å². The summed E-state index contributed by atoms with van der Waals surface area (Å²) in [6.07, 6.45) is 45.9. The summed E-state index contributed by atoms with van der Waals surface area (Å²) < 4.78 is 52.9. The van der Waals surface area contributed by atoms with Crippen LogP contribution in [0.15, 0.2) is 85.1 Å². The number of ether oxygens (including phenoxy) is 2. The van der Waals surface area contributed by atoms with Crippen molar-refractivity contribution in [3.8, 4) is 0 Å². The second kappa shape index (κ2) is 44.7. The minimum atomic E-state index is -4.80. The van der Waals surface area contributed by atoms with Gasteiger partial charge in [0.1, 0.15) is 31.5 Å². The van der Waals surface area contributed by atoms with Gasteiger partial charge in [-0.1, -0.05) is 150 Å². The molecule has 15 nitrogen and oxygen atoms in total. The van der Waals surface area contributed by atoms with Crippen LogP contribution in [0, 0.1) is 0 Å². The van der Waals surface area contributed by atoms with Gasteiger partial charge >= 0.3 is 27.6 Å². The molecule has 0 bridgehead atoms. The lowest BCUT2D eigenvalue weighted by Gasteiger charge is -2.19. The third-order valence-corrected chi connectivity index (χ3v) is 11.2. The Hall–Kier alpha value is -2.78. The van der Waals surface area contributed by atoms with Crippen LogP contribution in [0.4, 0.5) is 0 Å². The maximum absolute atomic E-state index is 12.2. The summed E-state index contributed by atoms with van der Waals surface area (Å²) in [5, 5.41) is 30.0. The summed E-state index contributed by atoms with van der Waals surface area (Å²) in [5.74, 6) is -1.09. The highest BCUT2D eigenvalue weighted by Gasteiger charge is 2.28. The zero-order chi connectivity index (χ0) is 48.8. The van der Waals surface area contributed by atoms with Crippen LogP contribution >= 0.6 is 15.6 Å². The van der Waals surface area contributed by atoms with E-state index in [4.69, 9.17) is 9.47 Å². The van der Waals surface area contributed by atoms with Crippen molar-refractivity contribution in [2.24, 2.45) is 0 Å². The summed E-state index contributed by atoms with van der Waals surface area (Å²) in [6.45, 7) is 0.180. The van der Waals surface area contributed by atoms with Crippen LogP contribution in [0.3, 0.4) is 0 Å². The Labute approximate surface area is 396 Å². The number of aliphatic hydroxyl groups excluding tert-OH is 3. The van der Waals surface area contributed by atoms with Crippen molar-refractivity contribution >= 4 is 27.6 Å². The molecule has 0 heterocycles. The van der Waals surface area contributed by atoms with Crippen molar-refractivity contribution in [1.29, 1.82) is 0 Å². The monoisotopic (exact) mass is 975 g/mol. The Morgan fingerprint density at radius 1 is 0.409 bits per heavy atom. The van der Waals surface area contributed by atoms with E-state index >= 15 is 0 Å². The number of hydrogen-bond donors (Lipinski definition) is 5. The Morgan fingerprint density at radius 2 is 0.727 bits per heavy atom. The number of aliphatic hydroxyl groups is 3. The van der Waals surface area contributed by atoms with E-state index in [0.717, 1.165) is 77.0 Å². The van der Waals surface area contributed by atoms with Crippen LogP contribution in [-0.2, 0) is 46.3 Å². The second-order valence-electron chi connectivity index (χ2n) is 15.7. The zero-order valence-electron chi connectivity index (χ0n) is 39.8. The lowest BCUT2D eigenvalue weighted by atomic mass is 10.1. The molecule has 5 unspecified atom stereocenters. The van der Waals surface area contributed by atoms with Gasteiger partial charge in [0.05, 0.1) is 26.4 Å². The van der Waals surface area contributed by atoms with E-state index in [1.807, 2.05) is 12.2 Å². The lowest BCUT2D eigenvalue weighted by Crippen LogP contribution is -2.25. The van der Waals surface area contributed by atoms with Gasteiger partial charge < -0.3 is 34.6 Å². The van der Waals surface area contributed by atoms with Gasteiger partial charge in [-0.3, -0.25) is 27.7 Å². The molecule has 66 heavy (non-hydrogen) atoms. The maximum atomic E-state index is 12.2. The predicted molar refractivity (Wildman–Crippen MR) is 260 cm³/mol. The Kier molecular flexibility index (Phi) is 42.8. The van der Waals surface area contributed by atoms with Gasteiger partial charge in [-0.15, -0.1) is 0 Å². The van der Waals surface area contributed by atoms with Crippen molar-refractivity contribution in [2.75, 3.05) is 39.6 Å². The normalized spacial score (nSPS) is 15.8. The number of phosphoric ester groups is 2. The predicted octanol–water partition coefficient (Wildman–Crippen LogP) is 10.9. The summed E-state index contributed by atoms with van der Waals surface area (Å²) in [5.41, 5.74) is 0. The fourth-order valence-electron chi connectivity index (χ4n) is 5.64. The van der Waals surface area contributed by atoms with Crippen molar-refractivity contribution in [1.82, 2.24) is 0 Å². The molecular formula is C49H84O15P2. The summed E-state index contributed by atoms with van der Waals surface area (Å²) in [7, 11) is -9.60. The SMILES string of the molecule is CC/C=C\C/C=C\C/C=C\C/C=C\C/C=C\CCCCCCCC(=O)OCC(O)COP(=O)(O)OCC(O)COP(=O)(O)OCC(O)COC(=O)CC/C=C/C/C=C\CCCCCCCC. The summed E-state index contributed by atoms with van der Waals surface area (Å²) in [4.78, 5) is 43.7. The van der Waals surface area contributed by atoms with Crippen LogP contribution < -0.4 is 0 Å². The lowest BCUT2D eigenvalue weighted by molar-refractivity contribution is -0.148. The van der Waals surface area contributed by atoms with Gasteiger partial charge in [-0.2, -0.15) is 0 Å². The van der Waals surface area contributed by atoms with E-state index in [1.54, 1.807) is 0 Å². The molecule has 0 aliphatic carbocycles. The molecule has 0 rings (SSSR count). The topological polar surface area (TPSA) is 225 Å². The molecule has 0 saturated heterocycles. The first-order valence-corrected chi connectivity index (χ1v) is 26.9. The number of phosphoric acid groups is 2. The number of carbonyl (C=O) groups excluding carboxylic acids is 2. The number of hydrogen-bond acceptors (Lipinski definition) is 13. The van der Waals surface area contributed by atoms with Gasteiger partial charge in [0.2, 0.25) is 0 Å². The number of esters is 2. The molecule has 380 valence electrons. The number of unbranched alkanes of at least 4 members (excludes halogenated alkanes) is 11. The van der Waals surface area contributed by atoms with Gasteiger partial charge in [-0.25, -0.2) is 9.13 Å². The molecule has 0 aliphatic heterocycles. The molecule has 0 aromatic heterocycles. The third kappa shape index (κ3) is 46.3. The van der Waals surface area contributed by atoms with E-state index in [1.165, 1.54) is 38.5 Å². The van der Waals surface area contributed by atoms with Gasteiger partial charge in [-0.05, 0) is 77.0 Å². The van der Waals surface area contributed by atoms with Gasteiger partial charge in [0.15, 0.2) is 0 Å². The van der Waals surface area contributed by atoms with E-state index in [2.05, 4.69) is 105 Å². The van der Waals surface area contributed by atoms with Crippen molar-refractivity contribution in [2.45, 2.75) is 173 Å². The fraction of sp³-hybridized carbons (Fsp3) is 0.673. The molecule has 17 heteroatoms. The van der Waals surface area contributed by atoms with Crippen LogP contribution in [-0.4, -0.2) is 95.0 Å². The third-order valence-electron chi connectivity index (χ3n) is 9.35. The minimum Gasteiger partial charge on any atom is -0.463 e. The maximum Gasteiger partial charge on any atom is 0.472 e. The average Bonchev–Trinajstić information content (AvgIpc) is 3.29. The zero-order valence-corrected chi connectivity index (χ0v) is 41.6. The molecule has 0 aliphatic rings. The molecular weight excluding hydrogens is 890 g/mol. The minimum absolute atomic E-state index is 0.0875. The van der Waals surface area contributed by atoms with E-state index in [0.29, 0.717) is 12.8 Å². The van der Waals surface area contributed by atoms with Crippen LogP contribution in [0.2, 0.25) is 0 Å². The molecule has 5 atom stereocenters. The van der Waals surface area contributed by atoms with E-state index in [9.17, 15) is 43.8 Å². The first-order valence-electron chi connectivity index (χ1n) is 23.9. The van der Waals surface area contributed by atoms with Crippen LogP contribution in [0.5, 0.6) is 0 Å². The van der Waals surface area contributed by atoms with Crippen molar-refractivity contribution in [3.05, 3.63) is 85.1 Å². The number of carbonyl (C=O) groups is 2. The molecule has 0 amide bonds. The Bertz CT molecular complexity index is 1510. The molecule has 0 aromatic carbocycles. The van der Waals surface area contributed by atoms with Gasteiger partial charge in [0, 0.05) is 12.8 Å². The Morgan fingerprint density at radius 3 is 1.14 bits per heavy atom. The fourth-order valence-corrected chi connectivity index (χ4v) is 7.23. The highest BCUT2D eigenvalue weighted by atomic mass is 31.2. The van der Waals surface area contributed by atoms with Crippen molar-refractivity contribution < 1.29 is 71.4 Å². The smallest absolute Gasteiger partial charge is 0.463 e. The van der Waals surface area contributed by atoms with Crippen LogP contribution in [0.1, 0.15) is 155 Å². The molecule has 0 radical (unpaired) electrons. The molecule has 0 aromatic rings. The highest BCUT2D eigenvalue weighted by Crippen LogP contribution is 2.45. The van der Waals surface area contributed by atoms with Crippen LogP contribution in [0.25, 0.3) is 0 Å². The molecule has 0 fully saturated rings. The first kappa shape index (κ1) is 63.2. The second-order valence-corrected chi connectivity index (χ2v) is 18.6. The summed E-state index contributed by atoms with van der Waals surface area (Å²) >= 11 is 0. The van der Waals surface area contributed by atoms with E-state index < -0.39 is 85.5 Å².